The molecule has 6 heteroatoms. The molecule has 6 aliphatic rings. The van der Waals surface area contributed by atoms with E-state index in [1.807, 2.05) is 18.7 Å². The van der Waals surface area contributed by atoms with Gasteiger partial charge in [-0.25, -0.2) is 4.98 Å². The average molecular weight is 593 g/mol. The number of aromatic amines is 1. The number of nitrogens with zero attached hydrogens (tertiary/aromatic N) is 2. The van der Waals surface area contributed by atoms with Gasteiger partial charge in [-0.05, 0) is 122 Å². The zero-order valence-corrected chi connectivity index (χ0v) is 26.5. The standard InChI is InChI=1S/C38H48N4O2/c1-22(2)35(39)37(44)42-20-6-9-32(42)36-40-30-14-10-23(21-31(30)41-36)24-11-12-27(26-13-15-33(43)28-8-5-7-25(26)28)29-16-19-38(34(24)29)17-3-4-18-38/h10-12,14,21-22,28-29,32,34-35H,3-9,13,15-20,39H2,1-2H3,(H,40,41). The van der Waals surface area contributed by atoms with Crippen LogP contribution < -0.4 is 5.73 Å². The topological polar surface area (TPSA) is 92.1 Å². The van der Waals surface area contributed by atoms with E-state index >= 15 is 0 Å². The Kier molecular flexibility index (Phi) is 7.00. The van der Waals surface area contributed by atoms with Gasteiger partial charge in [-0.1, -0.05) is 50.5 Å². The van der Waals surface area contributed by atoms with Crippen molar-refractivity contribution in [2.24, 2.45) is 34.8 Å². The van der Waals surface area contributed by atoms with E-state index in [0.717, 1.165) is 61.9 Å². The summed E-state index contributed by atoms with van der Waals surface area (Å²) in [6.45, 7) is 4.77. The van der Waals surface area contributed by atoms with Crippen LogP contribution in [-0.2, 0) is 9.59 Å². The van der Waals surface area contributed by atoms with Crippen molar-refractivity contribution in [2.45, 2.75) is 109 Å². The monoisotopic (exact) mass is 592 g/mol. The third-order valence-corrected chi connectivity index (χ3v) is 12.6. The second-order valence-corrected chi connectivity index (χ2v) is 15.2. The highest BCUT2D eigenvalue weighted by molar-refractivity contribution is 5.87. The number of hydrogen-bond acceptors (Lipinski definition) is 4. The second-order valence-electron chi connectivity index (χ2n) is 15.2. The van der Waals surface area contributed by atoms with E-state index in [4.69, 9.17) is 10.7 Å². The summed E-state index contributed by atoms with van der Waals surface area (Å²) >= 11 is 0. The molecule has 0 radical (unpaired) electrons. The Labute approximate surface area is 261 Å². The number of hydrogen-bond donors (Lipinski definition) is 2. The van der Waals surface area contributed by atoms with E-state index < -0.39 is 6.04 Å². The molecule has 4 fully saturated rings. The van der Waals surface area contributed by atoms with Crippen molar-refractivity contribution in [3.63, 3.8) is 0 Å². The van der Waals surface area contributed by atoms with E-state index in [2.05, 4.69) is 35.3 Å². The predicted octanol–water partition coefficient (Wildman–Crippen LogP) is 7.58. The maximum atomic E-state index is 13.2. The maximum absolute atomic E-state index is 13.2. The number of allylic oxidation sites excluding steroid dienone is 6. The molecule has 1 aliphatic heterocycles. The van der Waals surface area contributed by atoms with Crippen LogP contribution in [0.25, 0.3) is 16.6 Å². The van der Waals surface area contributed by atoms with Crippen LogP contribution in [-0.4, -0.2) is 39.1 Å². The molecule has 2 aromatic rings. The van der Waals surface area contributed by atoms with Crippen LogP contribution in [0.1, 0.15) is 115 Å². The van der Waals surface area contributed by atoms with Crippen LogP contribution >= 0.6 is 0 Å². The molecule has 5 unspecified atom stereocenters. The first kappa shape index (κ1) is 28.5. The van der Waals surface area contributed by atoms with Gasteiger partial charge in [0.15, 0.2) is 0 Å². The number of likely N-dealkylation sites (tertiary alicyclic amines) is 1. The fourth-order valence-corrected chi connectivity index (χ4v) is 10.4. The summed E-state index contributed by atoms with van der Waals surface area (Å²) in [4.78, 5) is 36.6. The summed E-state index contributed by atoms with van der Waals surface area (Å²) in [5.74, 6) is 2.82. The highest BCUT2D eigenvalue weighted by Gasteiger charge is 2.53. The minimum Gasteiger partial charge on any atom is -0.340 e. The molecule has 6 nitrogen and oxygen atoms in total. The molecule has 1 aromatic carbocycles. The highest BCUT2D eigenvalue weighted by atomic mass is 16.2. The first-order valence-corrected chi connectivity index (χ1v) is 17.6. The predicted molar refractivity (Wildman–Crippen MR) is 174 cm³/mol. The van der Waals surface area contributed by atoms with E-state index in [1.165, 1.54) is 61.7 Å². The summed E-state index contributed by atoms with van der Waals surface area (Å²) in [7, 11) is 0. The molecule has 1 spiro atoms. The van der Waals surface area contributed by atoms with Crippen molar-refractivity contribution < 1.29 is 9.59 Å². The molecule has 1 saturated heterocycles. The van der Waals surface area contributed by atoms with Gasteiger partial charge in [0.2, 0.25) is 5.91 Å². The molecule has 232 valence electrons. The Balaban J connectivity index is 1.16. The number of rotatable bonds is 5. The number of H-pyrrole nitrogens is 1. The number of carbonyl (C=O) groups excluding carboxylic acids is 2. The minimum absolute atomic E-state index is 0.0371. The Morgan fingerprint density at radius 1 is 1.00 bits per heavy atom. The molecule has 3 saturated carbocycles. The van der Waals surface area contributed by atoms with E-state index in [-0.39, 0.29) is 23.8 Å². The van der Waals surface area contributed by atoms with Crippen LogP contribution in [0.2, 0.25) is 0 Å². The number of fused-ring (bicyclic) bond motifs is 4. The molecule has 1 amide bonds. The van der Waals surface area contributed by atoms with Gasteiger partial charge in [-0.15, -0.1) is 0 Å². The fourth-order valence-electron chi connectivity index (χ4n) is 10.4. The van der Waals surface area contributed by atoms with Crippen molar-refractivity contribution in [3.05, 3.63) is 58.5 Å². The minimum atomic E-state index is -0.477. The first-order valence-electron chi connectivity index (χ1n) is 17.6. The second kappa shape index (κ2) is 10.8. The van der Waals surface area contributed by atoms with Gasteiger partial charge < -0.3 is 15.6 Å². The van der Waals surface area contributed by atoms with Crippen LogP contribution in [0.15, 0.2) is 47.1 Å². The molecule has 2 heterocycles. The summed E-state index contributed by atoms with van der Waals surface area (Å²) in [6, 6.07) is 6.27. The lowest BCUT2D eigenvalue weighted by Crippen LogP contribution is -2.46. The van der Waals surface area contributed by atoms with E-state index in [1.54, 1.807) is 11.1 Å². The molecule has 8 rings (SSSR count). The summed E-state index contributed by atoms with van der Waals surface area (Å²) in [5.41, 5.74) is 16.1. The number of benzene rings is 1. The largest absolute Gasteiger partial charge is 0.340 e. The third kappa shape index (κ3) is 4.41. The lowest BCUT2D eigenvalue weighted by molar-refractivity contribution is -0.134. The van der Waals surface area contributed by atoms with Crippen molar-refractivity contribution >= 4 is 28.3 Å². The number of nitrogens with one attached hydrogen (secondary N) is 1. The third-order valence-electron chi connectivity index (χ3n) is 12.6. The van der Waals surface area contributed by atoms with Gasteiger partial charge in [-0.2, -0.15) is 0 Å². The number of ketones is 1. The molecular formula is C38H48N4O2. The zero-order valence-electron chi connectivity index (χ0n) is 26.5. The smallest absolute Gasteiger partial charge is 0.240 e. The van der Waals surface area contributed by atoms with Gasteiger partial charge >= 0.3 is 0 Å². The fraction of sp³-hybridized carbons (Fsp3) is 0.605. The molecule has 5 atom stereocenters. The number of Topliss-reactive ketones (excluding diaryl/α,β-unsaturated/α-hetero) is 1. The number of aromatic nitrogens is 2. The summed E-state index contributed by atoms with van der Waals surface area (Å²) in [6.07, 6.45) is 19.8. The molecule has 5 aliphatic carbocycles. The van der Waals surface area contributed by atoms with Crippen LogP contribution in [0.5, 0.6) is 0 Å². The van der Waals surface area contributed by atoms with Gasteiger partial charge in [0.1, 0.15) is 11.6 Å². The lowest BCUT2D eigenvalue weighted by Gasteiger charge is -2.40. The first-order chi connectivity index (χ1) is 21.3. The Morgan fingerprint density at radius 3 is 2.64 bits per heavy atom. The van der Waals surface area contributed by atoms with Gasteiger partial charge in [0, 0.05) is 18.9 Å². The normalized spacial score (nSPS) is 30.4. The number of nitrogens with two attached hydrogens (primary N) is 1. The highest BCUT2D eigenvalue weighted by Crippen LogP contribution is 2.64. The van der Waals surface area contributed by atoms with Gasteiger partial charge in [-0.3, -0.25) is 9.59 Å². The molecule has 3 N–H and O–H groups in total. The molecule has 0 bridgehead atoms. The molecular weight excluding hydrogens is 544 g/mol. The zero-order chi connectivity index (χ0) is 30.2. The van der Waals surface area contributed by atoms with Crippen molar-refractivity contribution in [2.75, 3.05) is 6.54 Å². The SMILES string of the molecule is CC(C)C(N)C(=O)N1CCCC1c1nc2ccc(C3=CC=C(C4=C5CCCC5C(=O)CC4)C4CCC5(CCCC5)C34)cc2[nH]1. The number of carbonyl (C=O) groups is 2. The van der Waals surface area contributed by atoms with Crippen molar-refractivity contribution in [1.29, 1.82) is 0 Å². The number of amides is 1. The lowest BCUT2D eigenvalue weighted by atomic mass is 9.64. The van der Waals surface area contributed by atoms with Gasteiger partial charge in [0.05, 0.1) is 23.1 Å². The van der Waals surface area contributed by atoms with Gasteiger partial charge in [0.25, 0.3) is 0 Å². The number of imidazole rings is 1. The van der Waals surface area contributed by atoms with Crippen LogP contribution in [0.3, 0.4) is 0 Å². The Bertz CT molecular complexity index is 1600. The summed E-state index contributed by atoms with van der Waals surface area (Å²) in [5, 5.41) is 0. The maximum Gasteiger partial charge on any atom is 0.240 e. The van der Waals surface area contributed by atoms with Crippen LogP contribution in [0.4, 0.5) is 0 Å². The van der Waals surface area contributed by atoms with E-state index in [0.29, 0.717) is 23.0 Å². The Hall–Kier alpha value is -2.99. The molecule has 44 heavy (non-hydrogen) atoms. The average Bonchev–Trinajstić information content (AvgIpc) is 3.87. The molecule has 1 aromatic heterocycles. The Morgan fingerprint density at radius 2 is 1.82 bits per heavy atom. The summed E-state index contributed by atoms with van der Waals surface area (Å²) < 4.78 is 0. The van der Waals surface area contributed by atoms with Crippen molar-refractivity contribution in [3.8, 4) is 0 Å². The van der Waals surface area contributed by atoms with Crippen LogP contribution in [0, 0.1) is 29.1 Å². The van der Waals surface area contributed by atoms with Crippen molar-refractivity contribution in [1.82, 2.24) is 14.9 Å². The quantitative estimate of drug-likeness (QED) is 0.374. The van der Waals surface area contributed by atoms with E-state index in [9.17, 15) is 9.59 Å².